The lowest BCUT2D eigenvalue weighted by Gasteiger charge is -2.15. The van der Waals surface area contributed by atoms with E-state index >= 15 is 0 Å². The number of aromatic nitrogens is 2. The highest BCUT2D eigenvalue weighted by Crippen LogP contribution is 2.20. The normalized spacial score (nSPS) is 19.3. The van der Waals surface area contributed by atoms with E-state index in [1.54, 1.807) is 6.20 Å². The largest absolute Gasteiger partial charge is 0.346 e. The van der Waals surface area contributed by atoms with Crippen molar-refractivity contribution in [3.63, 3.8) is 0 Å². The van der Waals surface area contributed by atoms with Crippen molar-refractivity contribution in [1.82, 2.24) is 14.9 Å². The minimum Gasteiger partial charge on any atom is -0.346 e. The Labute approximate surface area is 112 Å². The summed E-state index contributed by atoms with van der Waals surface area (Å²) in [6, 6.07) is 4.00. The van der Waals surface area contributed by atoms with Crippen molar-refractivity contribution in [3.8, 4) is 0 Å². The van der Waals surface area contributed by atoms with Crippen LogP contribution in [0.15, 0.2) is 37.2 Å². The second kappa shape index (κ2) is 4.88. The van der Waals surface area contributed by atoms with Crippen LogP contribution in [0.3, 0.4) is 0 Å². The van der Waals surface area contributed by atoms with Crippen LogP contribution in [0, 0.1) is 5.92 Å². The minimum absolute atomic E-state index is 0.239. The van der Waals surface area contributed by atoms with Crippen LogP contribution in [-0.4, -0.2) is 33.9 Å². The predicted octanol–water partition coefficient (Wildman–Crippen LogP) is 2.14. The molecule has 3 rings (SSSR count). The standard InChI is InChI=1S/C15H17N3O/c1-2-11-8-14(19)18(10-11)7-5-12-9-17-15-13(12)4-3-6-16-15/h2-4,6,9,11H,1,5,7-8,10H2,(H,16,17). The maximum Gasteiger partial charge on any atom is 0.223 e. The third kappa shape index (κ3) is 2.26. The van der Waals surface area contributed by atoms with E-state index in [0.29, 0.717) is 12.3 Å². The van der Waals surface area contributed by atoms with Crippen LogP contribution in [0.25, 0.3) is 11.0 Å². The van der Waals surface area contributed by atoms with E-state index in [2.05, 4.69) is 22.6 Å². The molecular formula is C15H17N3O. The number of rotatable bonds is 4. The Bertz CT molecular complexity index is 617. The summed E-state index contributed by atoms with van der Waals surface area (Å²) in [5, 5.41) is 1.15. The number of hydrogen-bond donors (Lipinski definition) is 1. The average molecular weight is 255 g/mol. The maximum atomic E-state index is 11.8. The highest BCUT2D eigenvalue weighted by Gasteiger charge is 2.27. The van der Waals surface area contributed by atoms with Gasteiger partial charge < -0.3 is 9.88 Å². The third-order valence-electron chi connectivity index (χ3n) is 3.77. The molecule has 0 radical (unpaired) electrons. The van der Waals surface area contributed by atoms with Gasteiger partial charge in [0.2, 0.25) is 5.91 Å². The van der Waals surface area contributed by atoms with Crippen molar-refractivity contribution in [2.45, 2.75) is 12.8 Å². The van der Waals surface area contributed by atoms with E-state index in [0.717, 1.165) is 30.5 Å². The van der Waals surface area contributed by atoms with Gasteiger partial charge in [-0.3, -0.25) is 4.79 Å². The van der Waals surface area contributed by atoms with E-state index in [1.807, 2.05) is 23.2 Å². The van der Waals surface area contributed by atoms with Crippen LogP contribution in [0.2, 0.25) is 0 Å². The summed E-state index contributed by atoms with van der Waals surface area (Å²) >= 11 is 0. The second-order valence-electron chi connectivity index (χ2n) is 5.00. The molecular weight excluding hydrogens is 238 g/mol. The summed E-state index contributed by atoms with van der Waals surface area (Å²) in [5.41, 5.74) is 2.13. The molecule has 4 nitrogen and oxygen atoms in total. The molecule has 2 aromatic rings. The fraction of sp³-hybridized carbons (Fsp3) is 0.333. The SMILES string of the molecule is C=CC1CC(=O)N(CCc2c[nH]c3ncccc23)C1. The molecule has 1 atom stereocenters. The van der Waals surface area contributed by atoms with Crippen LogP contribution in [0.1, 0.15) is 12.0 Å². The molecule has 2 aromatic heterocycles. The number of nitrogens with zero attached hydrogens (tertiary/aromatic N) is 2. The van der Waals surface area contributed by atoms with Gasteiger partial charge in [0.05, 0.1) is 0 Å². The van der Waals surface area contributed by atoms with Gasteiger partial charge in [0.25, 0.3) is 0 Å². The zero-order valence-electron chi connectivity index (χ0n) is 10.8. The first-order chi connectivity index (χ1) is 9.28. The molecule has 3 heterocycles. The fourth-order valence-corrected chi connectivity index (χ4v) is 2.65. The Balaban J connectivity index is 1.69. The summed E-state index contributed by atoms with van der Waals surface area (Å²) in [6.45, 7) is 5.35. The molecule has 98 valence electrons. The molecule has 0 aliphatic carbocycles. The summed E-state index contributed by atoms with van der Waals surface area (Å²) in [7, 11) is 0. The predicted molar refractivity (Wildman–Crippen MR) is 74.7 cm³/mol. The van der Waals surface area contributed by atoms with E-state index in [4.69, 9.17) is 0 Å². The highest BCUT2D eigenvalue weighted by atomic mass is 16.2. The number of likely N-dealkylation sites (tertiary alicyclic amines) is 1. The van der Waals surface area contributed by atoms with E-state index in [-0.39, 0.29) is 5.91 Å². The quantitative estimate of drug-likeness (QED) is 0.851. The van der Waals surface area contributed by atoms with Crippen molar-refractivity contribution in [3.05, 3.63) is 42.7 Å². The van der Waals surface area contributed by atoms with Crippen LogP contribution < -0.4 is 0 Å². The molecule has 1 saturated heterocycles. The Hall–Kier alpha value is -2.10. The number of nitrogens with one attached hydrogen (secondary N) is 1. The summed E-state index contributed by atoms with van der Waals surface area (Å²) in [4.78, 5) is 21.2. The topological polar surface area (TPSA) is 49.0 Å². The fourth-order valence-electron chi connectivity index (χ4n) is 2.65. The maximum absolute atomic E-state index is 11.8. The molecule has 1 N–H and O–H groups in total. The molecule has 1 aliphatic rings. The zero-order valence-corrected chi connectivity index (χ0v) is 10.8. The van der Waals surface area contributed by atoms with Gasteiger partial charge in [0.1, 0.15) is 5.65 Å². The second-order valence-corrected chi connectivity index (χ2v) is 5.00. The average Bonchev–Trinajstić information content (AvgIpc) is 3.00. The molecule has 1 unspecified atom stereocenters. The van der Waals surface area contributed by atoms with E-state index < -0.39 is 0 Å². The number of carbonyl (C=O) groups excluding carboxylic acids is 1. The van der Waals surface area contributed by atoms with E-state index in [9.17, 15) is 4.79 Å². The molecule has 0 spiro atoms. The van der Waals surface area contributed by atoms with Crippen LogP contribution in [-0.2, 0) is 11.2 Å². The molecule has 1 fully saturated rings. The Kier molecular flexibility index (Phi) is 3.07. The van der Waals surface area contributed by atoms with Gasteiger partial charge in [-0.15, -0.1) is 6.58 Å². The number of aromatic amines is 1. The zero-order chi connectivity index (χ0) is 13.2. The molecule has 1 aliphatic heterocycles. The van der Waals surface area contributed by atoms with Gasteiger partial charge in [0.15, 0.2) is 0 Å². The third-order valence-corrected chi connectivity index (χ3v) is 3.77. The Morgan fingerprint density at radius 1 is 1.58 bits per heavy atom. The van der Waals surface area contributed by atoms with Crippen LogP contribution in [0.4, 0.5) is 0 Å². The molecule has 0 bridgehead atoms. The van der Waals surface area contributed by atoms with E-state index in [1.165, 1.54) is 5.56 Å². The van der Waals surface area contributed by atoms with Crippen LogP contribution >= 0.6 is 0 Å². The lowest BCUT2D eigenvalue weighted by molar-refractivity contribution is -0.127. The first kappa shape index (κ1) is 12.0. The first-order valence-electron chi connectivity index (χ1n) is 6.59. The minimum atomic E-state index is 0.239. The molecule has 4 heteroatoms. The molecule has 0 saturated carbocycles. The number of hydrogen-bond acceptors (Lipinski definition) is 2. The number of fused-ring (bicyclic) bond motifs is 1. The number of carbonyl (C=O) groups is 1. The summed E-state index contributed by atoms with van der Waals surface area (Å²) < 4.78 is 0. The lowest BCUT2D eigenvalue weighted by Crippen LogP contribution is -2.27. The van der Waals surface area contributed by atoms with Gasteiger partial charge in [-0.1, -0.05) is 6.08 Å². The van der Waals surface area contributed by atoms with Crippen LogP contribution in [0.5, 0.6) is 0 Å². The Morgan fingerprint density at radius 2 is 2.47 bits per heavy atom. The monoisotopic (exact) mass is 255 g/mol. The summed E-state index contributed by atoms with van der Waals surface area (Å²) in [5.74, 6) is 0.556. The van der Waals surface area contributed by atoms with Gasteiger partial charge in [-0.2, -0.15) is 0 Å². The summed E-state index contributed by atoms with van der Waals surface area (Å²) in [6.07, 6.45) is 7.12. The van der Waals surface area contributed by atoms with Crippen molar-refractivity contribution in [2.24, 2.45) is 5.92 Å². The molecule has 19 heavy (non-hydrogen) atoms. The lowest BCUT2D eigenvalue weighted by atomic mass is 10.1. The van der Waals surface area contributed by atoms with Gasteiger partial charge in [0, 0.05) is 43.2 Å². The van der Waals surface area contributed by atoms with Crippen molar-refractivity contribution in [2.75, 3.05) is 13.1 Å². The van der Waals surface area contributed by atoms with Gasteiger partial charge in [-0.05, 0) is 24.1 Å². The Morgan fingerprint density at radius 3 is 3.26 bits per heavy atom. The van der Waals surface area contributed by atoms with Crippen molar-refractivity contribution < 1.29 is 4.79 Å². The number of H-pyrrole nitrogens is 1. The number of amides is 1. The number of pyridine rings is 1. The first-order valence-corrected chi connectivity index (χ1v) is 6.59. The molecule has 1 amide bonds. The van der Waals surface area contributed by atoms with Gasteiger partial charge >= 0.3 is 0 Å². The smallest absolute Gasteiger partial charge is 0.223 e. The van der Waals surface area contributed by atoms with Crippen molar-refractivity contribution in [1.29, 1.82) is 0 Å². The molecule has 0 aromatic carbocycles. The van der Waals surface area contributed by atoms with Gasteiger partial charge in [-0.25, -0.2) is 4.98 Å². The van der Waals surface area contributed by atoms with Crippen molar-refractivity contribution >= 4 is 16.9 Å². The highest BCUT2D eigenvalue weighted by molar-refractivity contribution is 5.80.